The van der Waals surface area contributed by atoms with E-state index in [1.165, 1.54) is 5.56 Å². The van der Waals surface area contributed by atoms with Crippen molar-refractivity contribution in [3.63, 3.8) is 0 Å². The number of rotatable bonds is 5. The van der Waals surface area contributed by atoms with Crippen molar-refractivity contribution in [2.75, 3.05) is 6.54 Å². The number of benzene rings is 1. The molecule has 0 atom stereocenters. The van der Waals surface area contributed by atoms with Crippen molar-refractivity contribution in [2.45, 2.75) is 57.6 Å². The van der Waals surface area contributed by atoms with Crippen LogP contribution < -0.4 is 5.32 Å². The Morgan fingerprint density at radius 2 is 1.91 bits per heavy atom. The lowest BCUT2D eigenvalue weighted by Gasteiger charge is -2.36. The first-order valence-corrected chi connectivity index (χ1v) is 8.45. The van der Waals surface area contributed by atoms with Gasteiger partial charge in [-0.25, -0.2) is 4.68 Å². The molecule has 1 saturated carbocycles. The lowest BCUT2D eigenvalue weighted by atomic mass is 9.80. The lowest BCUT2D eigenvalue weighted by molar-refractivity contribution is -0.0314. The van der Waals surface area contributed by atoms with Gasteiger partial charge in [0.15, 0.2) is 0 Å². The Labute approximate surface area is 138 Å². The Morgan fingerprint density at radius 3 is 2.48 bits per heavy atom. The van der Waals surface area contributed by atoms with Gasteiger partial charge in [-0.3, -0.25) is 0 Å². The molecule has 0 aliphatic heterocycles. The second-order valence-corrected chi connectivity index (χ2v) is 7.71. The Balaban J connectivity index is 1.78. The highest BCUT2D eigenvalue weighted by Crippen LogP contribution is 2.31. The van der Waals surface area contributed by atoms with E-state index >= 15 is 0 Å². The van der Waals surface area contributed by atoms with Gasteiger partial charge in [-0.2, -0.15) is 5.10 Å². The van der Waals surface area contributed by atoms with E-state index in [2.05, 4.69) is 44.4 Å². The van der Waals surface area contributed by atoms with Crippen LogP contribution in [0.2, 0.25) is 0 Å². The maximum atomic E-state index is 10.2. The zero-order chi connectivity index (χ0) is 16.5. The smallest absolute Gasteiger partial charge is 0.0771 e. The minimum Gasteiger partial charge on any atom is -0.389 e. The van der Waals surface area contributed by atoms with Crippen LogP contribution in [-0.2, 0) is 12.0 Å². The van der Waals surface area contributed by atoms with Crippen LogP contribution in [0.3, 0.4) is 0 Å². The van der Waals surface area contributed by atoms with Gasteiger partial charge in [-0.05, 0) is 31.4 Å². The fourth-order valence-corrected chi connectivity index (χ4v) is 3.08. The predicted octanol–water partition coefficient (Wildman–Crippen LogP) is 3.17. The SMILES string of the molecule is CC(C)(C)c1nn(-c2ccccc2)cc1CNCC1(O)CCC1. The topological polar surface area (TPSA) is 50.1 Å². The third kappa shape index (κ3) is 3.65. The Bertz CT molecular complexity index is 651. The summed E-state index contributed by atoms with van der Waals surface area (Å²) in [5.41, 5.74) is 2.88. The van der Waals surface area contributed by atoms with E-state index < -0.39 is 5.60 Å². The summed E-state index contributed by atoms with van der Waals surface area (Å²) in [7, 11) is 0. The largest absolute Gasteiger partial charge is 0.389 e. The van der Waals surface area contributed by atoms with Crippen LogP contribution in [0.4, 0.5) is 0 Å². The molecule has 124 valence electrons. The number of hydrogen-bond acceptors (Lipinski definition) is 3. The molecule has 4 heteroatoms. The second-order valence-electron chi connectivity index (χ2n) is 7.71. The molecule has 1 aromatic carbocycles. The van der Waals surface area contributed by atoms with Crippen molar-refractivity contribution >= 4 is 0 Å². The molecule has 0 saturated heterocycles. The van der Waals surface area contributed by atoms with Crippen LogP contribution in [0, 0.1) is 0 Å². The number of hydrogen-bond donors (Lipinski definition) is 2. The average molecular weight is 313 g/mol. The van der Waals surface area contributed by atoms with E-state index in [0.29, 0.717) is 6.54 Å². The number of aromatic nitrogens is 2. The molecule has 0 amide bonds. The van der Waals surface area contributed by atoms with Gasteiger partial charge in [-0.15, -0.1) is 0 Å². The van der Waals surface area contributed by atoms with Crippen molar-refractivity contribution in [3.8, 4) is 5.69 Å². The monoisotopic (exact) mass is 313 g/mol. The third-order valence-corrected chi connectivity index (χ3v) is 4.57. The van der Waals surface area contributed by atoms with Gasteiger partial charge in [0.1, 0.15) is 0 Å². The van der Waals surface area contributed by atoms with Gasteiger partial charge in [0, 0.05) is 30.3 Å². The van der Waals surface area contributed by atoms with Crippen molar-refractivity contribution < 1.29 is 5.11 Å². The zero-order valence-corrected chi connectivity index (χ0v) is 14.3. The first-order chi connectivity index (χ1) is 10.9. The fraction of sp³-hybridized carbons (Fsp3) is 0.526. The number of nitrogens with one attached hydrogen (secondary N) is 1. The molecule has 1 aromatic heterocycles. The van der Waals surface area contributed by atoms with E-state index in [1.807, 2.05) is 22.9 Å². The molecule has 0 spiro atoms. The summed E-state index contributed by atoms with van der Waals surface area (Å²) in [5, 5.41) is 18.5. The lowest BCUT2D eigenvalue weighted by Crippen LogP contribution is -2.46. The number of para-hydroxylation sites is 1. The molecule has 2 N–H and O–H groups in total. The van der Waals surface area contributed by atoms with Gasteiger partial charge in [0.2, 0.25) is 0 Å². The Hall–Kier alpha value is -1.65. The summed E-state index contributed by atoms with van der Waals surface area (Å²) in [4.78, 5) is 0. The molecule has 2 aromatic rings. The van der Waals surface area contributed by atoms with Gasteiger partial charge in [0.05, 0.1) is 17.0 Å². The molecule has 0 unspecified atom stereocenters. The normalized spacial score (nSPS) is 17.0. The maximum absolute atomic E-state index is 10.2. The summed E-state index contributed by atoms with van der Waals surface area (Å²) in [6.45, 7) is 7.96. The molecule has 0 radical (unpaired) electrons. The standard InChI is InChI=1S/C19H27N3O/c1-18(2,3)17-15(12-20-14-19(23)10-7-11-19)13-22(21-17)16-8-5-4-6-9-16/h4-6,8-9,13,20,23H,7,10-12,14H2,1-3H3. The van der Waals surface area contributed by atoms with Gasteiger partial charge in [-0.1, -0.05) is 39.0 Å². The number of aliphatic hydroxyl groups is 1. The number of nitrogens with zero attached hydrogens (tertiary/aromatic N) is 2. The minimum atomic E-state index is -0.489. The summed E-state index contributed by atoms with van der Waals surface area (Å²) in [6.07, 6.45) is 5.07. The summed E-state index contributed by atoms with van der Waals surface area (Å²) in [6, 6.07) is 10.2. The average Bonchev–Trinajstić information content (AvgIpc) is 2.91. The molecule has 1 aliphatic carbocycles. The van der Waals surface area contributed by atoms with Gasteiger partial charge >= 0.3 is 0 Å². The van der Waals surface area contributed by atoms with E-state index in [0.717, 1.165) is 37.2 Å². The van der Waals surface area contributed by atoms with Crippen molar-refractivity contribution in [1.29, 1.82) is 0 Å². The van der Waals surface area contributed by atoms with Crippen LogP contribution in [0.5, 0.6) is 0 Å². The van der Waals surface area contributed by atoms with E-state index in [-0.39, 0.29) is 5.41 Å². The van der Waals surface area contributed by atoms with Crippen molar-refractivity contribution in [3.05, 3.63) is 47.8 Å². The first kappa shape index (κ1) is 16.2. The molecule has 1 fully saturated rings. The van der Waals surface area contributed by atoms with Crippen LogP contribution in [-0.4, -0.2) is 27.0 Å². The van der Waals surface area contributed by atoms with Crippen LogP contribution >= 0.6 is 0 Å². The Kier molecular flexibility index (Phi) is 4.30. The molecule has 3 rings (SSSR count). The summed E-state index contributed by atoms with van der Waals surface area (Å²) >= 11 is 0. The first-order valence-electron chi connectivity index (χ1n) is 8.45. The van der Waals surface area contributed by atoms with Crippen LogP contribution in [0.1, 0.15) is 51.3 Å². The fourth-order valence-electron chi connectivity index (χ4n) is 3.08. The van der Waals surface area contributed by atoms with Crippen LogP contribution in [0.25, 0.3) is 5.69 Å². The quantitative estimate of drug-likeness (QED) is 0.891. The highest BCUT2D eigenvalue weighted by molar-refractivity contribution is 5.34. The Morgan fingerprint density at radius 1 is 1.22 bits per heavy atom. The van der Waals surface area contributed by atoms with Crippen molar-refractivity contribution in [2.24, 2.45) is 0 Å². The van der Waals surface area contributed by atoms with Crippen molar-refractivity contribution in [1.82, 2.24) is 15.1 Å². The van der Waals surface area contributed by atoms with E-state index in [1.54, 1.807) is 0 Å². The summed E-state index contributed by atoms with van der Waals surface area (Å²) in [5.74, 6) is 0. The molecule has 0 bridgehead atoms. The molecule has 1 heterocycles. The van der Waals surface area contributed by atoms with Gasteiger partial charge < -0.3 is 10.4 Å². The van der Waals surface area contributed by atoms with Crippen LogP contribution in [0.15, 0.2) is 36.5 Å². The predicted molar refractivity (Wildman–Crippen MR) is 92.8 cm³/mol. The zero-order valence-electron chi connectivity index (χ0n) is 14.3. The molecule has 23 heavy (non-hydrogen) atoms. The van der Waals surface area contributed by atoms with E-state index in [4.69, 9.17) is 5.10 Å². The molecular weight excluding hydrogens is 286 g/mol. The molecule has 4 nitrogen and oxygen atoms in total. The maximum Gasteiger partial charge on any atom is 0.0771 e. The molecule has 1 aliphatic rings. The van der Waals surface area contributed by atoms with E-state index in [9.17, 15) is 5.11 Å². The summed E-state index contributed by atoms with van der Waals surface area (Å²) < 4.78 is 1.95. The van der Waals surface area contributed by atoms with Gasteiger partial charge in [0.25, 0.3) is 0 Å². The highest BCUT2D eigenvalue weighted by atomic mass is 16.3. The minimum absolute atomic E-state index is 0.00951. The third-order valence-electron chi connectivity index (χ3n) is 4.57. The molecular formula is C19H27N3O. The highest BCUT2D eigenvalue weighted by Gasteiger charge is 2.33. The second kappa shape index (κ2) is 6.10.